The van der Waals surface area contributed by atoms with E-state index in [9.17, 15) is 29.4 Å². The van der Waals surface area contributed by atoms with Gasteiger partial charge in [0.25, 0.3) is 5.85 Å². The van der Waals surface area contributed by atoms with Crippen LogP contribution in [0.5, 0.6) is 0 Å². The number of aryl methyl sites for hydroxylation is 1. The van der Waals surface area contributed by atoms with Gasteiger partial charge in [-0.25, -0.2) is 19.7 Å². The molecule has 0 saturated carbocycles. The number of aromatic nitrogens is 4. The van der Waals surface area contributed by atoms with Gasteiger partial charge in [0, 0.05) is 0 Å². The van der Waals surface area contributed by atoms with Crippen LogP contribution >= 0.6 is 7.60 Å². The summed E-state index contributed by atoms with van der Waals surface area (Å²) in [7, 11) is -5.00. The Kier molecular flexibility index (Phi) is 6.38. The number of fused-ring (bicyclic) bond motifs is 1. The molecule has 0 radical (unpaired) electrons. The Bertz CT molecular complexity index is 979. The van der Waals surface area contributed by atoms with E-state index in [1.165, 1.54) is 17.8 Å². The molecule has 3 heterocycles. The van der Waals surface area contributed by atoms with Crippen molar-refractivity contribution in [2.45, 2.75) is 44.2 Å². The zero-order chi connectivity index (χ0) is 22.2. The van der Waals surface area contributed by atoms with Gasteiger partial charge >= 0.3 is 13.6 Å². The second-order valence-electron chi connectivity index (χ2n) is 6.55. The largest absolute Gasteiger partial charge is 0.464 e. The van der Waals surface area contributed by atoms with Crippen molar-refractivity contribution in [1.29, 1.82) is 0 Å². The number of rotatable bonds is 7. The molecule has 0 amide bonds. The number of nitrogens with two attached hydrogens (primary N) is 1. The fourth-order valence-corrected chi connectivity index (χ4v) is 3.67. The van der Waals surface area contributed by atoms with Crippen molar-refractivity contribution in [2.24, 2.45) is 0 Å². The number of aliphatic hydroxyl groups excluding tert-OH is 2. The summed E-state index contributed by atoms with van der Waals surface area (Å²) in [6, 6.07) is 0. The van der Waals surface area contributed by atoms with Gasteiger partial charge in [-0.2, -0.15) is 0 Å². The highest BCUT2D eigenvalue weighted by molar-refractivity contribution is 7.53. The summed E-state index contributed by atoms with van der Waals surface area (Å²) >= 11 is 0. The van der Waals surface area contributed by atoms with E-state index in [0.29, 0.717) is 5.82 Å². The van der Waals surface area contributed by atoms with E-state index < -0.39 is 50.6 Å². The normalized spacial score (nSPS) is 25.5. The summed E-state index contributed by atoms with van der Waals surface area (Å²) in [5.41, 5.74) is 6.35. The molecule has 5 atom stereocenters. The number of esters is 1. The minimum absolute atomic E-state index is 0.111. The highest BCUT2D eigenvalue weighted by atomic mass is 31.2. The van der Waals surface area contributed by atoms with Gasteiger partial charge in [0.15, 0.2) is 17.7 Å². The summed E-state index contributed by atoms with van der Waals surface area (Å²) in [4.78, 5) is 42.7. The van der Waals surface area contributed by atoms with Gasteiger partial charge in [-0.1, -0.05) is 0 Å². The molecular weight excluding hydrogens is 425 g/mol. The van der Waals surface area contributed by atoms with Gasteiger partial charge < -0.3 is 39.9 Å². The topological polar surface area (TPSA) is 212 Å². The summed E-state index contributed by atoms with van der Waals surface area (Å²) in [6.45, 7) is 2.36. The molecule has 0 spiro atoms. The van der Waals surface area contributed by atoms with Crippen molar-refractivity contribution in [3.8, 4) is 0 Å². The first kappa shape index (κ1) is 22.5. The van der Waals surface area contributed by atoms with Crippen molar-refractivity contribution >= 4 is 30.5 Å². The third-order valence-electron chi connectivity index (χ3n) is 4.38. The van der Waals surface area contributed by atoms with Crippen LogP contribution in [0.3, 0.4) is 0 Å². The third-order valence-corrected chi connectivity index (χ3v) is 5.35. The van der Waals surface area contributed by atoms with Crippen molar-refractivity contribution in [1.82, 2.24) is 19.5 Å². The number of ether oxygens (including phenoxy) is 3. The van der Waals surface area contributed by atoms with Crippen LogP contribution in [0.25, 0.3) is 11.2 Å². The SMILES string of the molecule is CCOC(=O)C(OC[C@@H]1O[C@H](n2cnc3c(N)nc(C)nc32)[C@@H](O)[C@H]1O)P(=O)(O)O. The first-order chi connectivity index (χ1) is 14.0. The van der Waals surface area contributed by atoms with Gasteiger partial charge in [0.2, 0.25) is 0 Å². The lowest BCUT2D eigenvalue weighted by Crippen LogP contribution is -2.36. The Hall–Kier alpha value is -2.19. The molecule has 6 N–H and O–H groups in total. The highest BCUT2D eigenvalue weighted by Crippen LogP contribution is 2.43. The summed E-state index contributed by atoms with van der Waals surface area (Å²) in [6.07, 6.45) is -4.01. The number of anilines is 1. The Morgan fingerprint density at radius 2 is 2.07 bits per heavy atom. The molecule has 2 aromatic heterocycles. The molecule has 14 nitrogen and oxygen atoms in total. The van der Waals surface area contributed by atoms with Crippen LogP contribution in [0.1, 0.15) is 19.0 Å². The van der Waals surface area contributed by atoms with E-state index in [4.69, 9.17) is 15.2 Å². The maximum atomic E-state index is 11.8. The quantitative estimate of drug-likeness (QED) is 0.240. The van der Waals surface area contributed by atoms with Crippen LogP contribution in [0.15, 0.2) is 6.33 Å². The molecule has 166 valence electrons. The number of nitrogens with zero attached hydrogens (tertiary/aromatic N) is 4. The predicted octanol–water partition coefficient (Wildman–Crippen LogP) is -1.58. The van der Waals surface area contributed by atoms with Crippen LogP contribution in [0.2, 0.25) is 0 Å². The molecule has 30 heavy (non-hydrogen) atoms. The second-order valence-corrected chi connectivity index (χ2v) is 8.20. The molecule has 3 rings (SSSR count). The number of hydrogen-bond donors (Lipinski definition) is 5. The molecule has 0 aliphatic carbocycles. The number of nitrogen functional groups attached to an aromatic ring is 1. The summed E-state index contributed by atoms with van der Waals surface area (Å²) < 4.78 is 28.1. The van der Waals surface area contributed by atoms with Crippen molar-refractivity contribution < 1.29 is 43.6 Å². The Labute approximate surface area is 169 Å². The summed E-state index contributed by atoms with van der Waals surface area (Å²) in [5, 5.41) is 20.7. The van der Waals surface area contributed by atoms with Gasteiger partial charge in [-0.05, 0) is 13.8 Å². The van der Waals surface area contributed by atoms with Crippen molar-refractivity contribution in [2.75, 3.05) is 18.9 Å². The minimum Gasteiger partial charge on any atom is -0.464 e. The maximum absolute atomic E-state index is 11.8. The number of hydrogen-bond acceptors (Lipinski definition) is 11. The average Bonchev–Trinajstić information content (AvgIpc) is 3.17. The molecule has 1 aliphatic heterocycles. The van der Waals surface area contributed by atoms with Crippen LogP contribution in [0, 0.1) is 6.92 Å². The lowest BCUT2D eigenvalue weighted by molar-refractivity contribution is -0.155. The Morgan fingerprint density at radius 1 is 1.37 bits per heavy atom. The van der Waals surface area contributed by atoms with Gasteiger partial charge in [-0.3, -0.25) is 9.13 Å². The van der Waals surface area contributed by atoms with Crippen LogP contribution in [-0.4, -0.2) is 82.9 Å². The number of carbonyl (C=O) groups is 1. The second kappa shape index (κ2) is 8.51. The lowest BCUT2D eigenvalue weighted by atomic mass is 10.1. The molecule has 15 heteroatoms. The van der Waals surface area contributed by atoms with Gasteiger partial charge in [-0.15, -0.1) is 0 Å². The van der Waals surface area contributed by atoms with E-state index in [1.807, 2.05) is 0 Å². The van der Waals surface area contributed by atoms with Crippen LogP contribution in [0.4, 0.5) is 5.82 Å². The Morgan fingerprint density at radius 3 is 2.70 bits per heavy atom. The fraction of sp³-hybridized carbons (Fsp3) is 0.600. The minimum atomic E-state index is -5.00. The van der Waals surface area contributed by atoms with Crippen molar-refractivity contribution in [3.05, 3.63) is 12.2 Å². The highest BCUT2D eigenvalue weighted by Gasteiger charge is 2.46. The molecule has 2 aromatic rings. The van der Waals surface area contributed by atoms with Gasteiger partial charge in [0.05, 0.1) is 19.5 Å². The van der Waals surface area contributed by atoms with E-state index in [0.717, 1.165) is 0 Å². The first-order valence-corrected chi connectivity index (χ1v) is 10.5. The molecular formula is C15H22N5O9P. The standard InChI is InChI=1S/C15H22N5O9P/c1-3-27-14(23)15(30(24,25)26)28-4-7-9(21)10(22)13(29-7)20-5-17-8-11(16)18-6(2)19-12(8)20/h5,7,9-10,13,15,21-22H,3-4H2,1-2H3,(H2,16,18,19)(H2,24,25,26)/t7-,9-,10-,13-,15?/m0/s1. The van der Waals surface area contributed by atoms with Crippen LogP contribution < -0.4 is 5.73 Å². The monoisotopic (exact) mass is 447 g/mol. The maximum Gasteiger partial charge on any atom is 0.365 e. The molecule has 0 aromatic carbocycles. The van der Waals surface area contributed by atoms with Crippen LogP contribution in [-0.2, 0) is 23.6 Å². The fourth-order valence-electron chi connectivity index (χ4n) is 3.04. The summed E-state index contributed by atoms with van der Waals surface area (Å²) in [5.74, 6) is -2.95. The van der Waals surface area contributed by atoms with E-state index in [1.54, 1.807) is 6.92 Å². The Balaban J connectivity index is 1.79. The zero-order valence-electron chi connectivity index (χ0n) is 16.0. The molecule has 0 bridgehead atoms. The van der Waals surface area contributed by atoms with E-state index in [-0.39, 0.29) is 23.6 Å². The molecule has 1 aliphatic rings. The van der Waals surface area contributed by atoms with Crippen molar-refractivity contribution in [3.63, 3.8) is 0 Å². The predicted molar refractivity (Wildman–Crippen MR) is 98.8 cm³/mol. The smallest absolute Gasteiger partial charge is 0.365 e. The number of aliphatic hydroxyl groups is 2. The van der Waals surface area contributed by atoms with E-state index in [2.05, 4.69) is 19.7 Å². The number of carbonyl (C=O) groups excluding carboxylic acids is 1. The number of imidazole rings is 1. The first-order valence-electron chi connectivity index (χ1n) is 8.86. The molecule has 1 fully saturated rings. The average molecular weight is 447 g/mol. The molecule has 1 saturated heterocycles. The zero-order valence-corrected chi connectivity index (χ0v) is 16.9. The van der Waals surface area contributed by atoms with Gasteiger partial charge in [0.1, 0.15) is 29.7 Å². The molecule has 1 unspecified atom stereocenters. The lowest BCUT2D eigenvalue weighted by Gasteiger charge is -2.20. The third kappa shape index (κ3) is 4.30. The van der Waals surface area contributed by atoms with E-state index >= 15 is 0 Å².